The zero-order chi connectivity index (χ0) is 16.8. The van der Waals surface area contributed by atoms with Crippen molar-refractivity contribution < 1.29 is 9.66 Å². The minimum absolute atomic E-state index is 0.127. The van der Waals surface area contributed by atoms with Gasteiger partial charge in [0.1, 0.15) is 0 Å². The molecule has 0 atom stereocenters. The molecule has 1 aliphatic rings. The first-order valence-electron chi connectivity index (χ1n) is 8.36. The SMILES string of the molecule is O=[N+]([O-])c1cccc(-c2ccc(CCCN3CCOCC3)cc2)c1. The van der Waals surface area contributed by atoms with Crippen LogP contribution >= 0.6 is 0 Å². The Morgan fingerprint density at radius 1 is 1.04 bits per heavy atom. The minimum Gasteiger partial charge on any atom is -0.379 e. The standard InChI is InChI=1S/C19H22N2O3/c22-21(23)19-5-1-4-18(15-19)17-8-6-16(7-9-17)3-2-10-20-11-13-24-14-12-20/h1,4-9,15H,2-3,10-14H2. The van der Waals surface area contributed by atoms with Gasteiger partial charge in [-0.2, -0.15) is 0 Å². The summed E-state index contributed by atoms with van der Waals surface area (Å²) in [5.41, 5.74) is 3.32. The van der Waals surface area contributed by atoms with Crippen molar-refractivity contribution in [2.24, 2.45) is 0 Å². The molecule has 126 valence electrons. The molecular weight excluding hydrogens is 304 g/mol. The minimum atomic E-state index is -0.358. The third-order valence-electron chi connectivity index (χ3n) is 4.39. The van der Waals surface area contributed by atoms with Gasteiger partial charge in [0, 0.05) is 25.2 Å². The predicted octanol–water partition coefficient (Wildman–Crippen LogP) is 3.53. The van der Waals surface area contributed by atoms with Crippen LogP contribution in [0.3, 0.4) is 0 Å². The van der Waals surface area contributed by atoms with Crippen LogP contribution in [0.1, 0.15) is 12.0 Å². The van der Waals surface area contributed by atoms with Gasteiger partial charge in [0.25, 0.3) is 5.69 Å². The molecule has 0 saturated carbocycles. The quantitative estimate of drug-likeness (QED) is 0.602. The summed E-state index contributed by atoms with van der Waals surface area (Å²) in [4.78, 5) is 13.0. The summed E-state index contributed by atoms with van der Waals surface area (Å²) in [6.07, 6.45) is 2.18. The summed E-state index contributed by atoms with van der Waals surface area (Å²) in [6, 6.07) is 15.1. The molecule has 5 heteroatoms. The average molecular weight is 326 g/mol. The fourth-order valence-electron chi connectivity index (χ4n) is 2.99. The molecule has 0 unspecified atom stereocenters. The summed E-state index contributed by atoms with van der Waals surface area (Å²) >= 11 is 0. The zero-order valence-corrected chi connectivity index (χ0v) is 13.7. The first-order chi connectivity index (χ1) is 11.7. The van der Waals surface area contributed by atoms with Crippen molar-refractivity contribution in [2.45, 2.75) is 12.8 Å². The number of hydrogen-bond acceptors (Lipinski definition) is 4. The third kappa shape index (κ3) is 4.40. The first-order valence-corrected chi connectivity index (χ1v) is 8.36. The molecule has 2 aromatic carbocycles. The lowest BCUT2D eigenvalue weighted by molar-refractivity contribution is -0.384. The van der Waals surface area contributed by atoms with E-state index in [9.17, 15) is 10.1 Å². The van der Waals surface area contributed by atoms with Crippen molar-refractivity contribution in [1.82, 2.24) is 4.90 Å². The number of ether oxygens (including phenoxy) is 1. The predicted molar refractivity (Wildman–Crippen MR) is 94.1 cm³/mol. The van der Waals surface area contributed by atoms with Crippen LogP contribution in [-0.2, 0) is 11.2 Å². The topological polar surface area (TPSA) is 55.6 Å². The molecule has 0 N–H and O–H groups in total. The molecule has 0 spiro atoms. The van der Waals surface area contributed by atoms with E-state index in [1.165, 1.54) is 11.6 Å². The molecule has 1 saturated heterocycles. The van der Waals surface area contributed by atoms with Gasteiger partial charge in [0.15, 0.2) is 0 Å². The van der Waals surface area contributed by atoms with E-state index in [-0.39, 0.29) is 10.6 Å². The number of non-ortho nitro benzene ring substituents is 1. The number of aryl methyl sites for hydroxylation is 1. The van der Waals surface area contributed by atoms with E-state index in [1.807, 2.05) is 18.2 Å². The van der Waals surface area contributed by atoms with Crippen molar-refractivity contribution in [3.05, 3.63) is 64.2 Å². The Kier molecular flexibility index (Phi) is 5.56. The van der Waals surface area contributed by atoms with Crippen LogP contribution < -0.4 is 0 Å². The summed E-state index contributed by atoms with van der Waals surface area (Å²) < 4.78 is 5.36. The van der Waals surface area contributed by atoms with E-state index in [2.05, 4.69) is 17.0 Å². The second-order valence-electron chi connectivity index (χ2n) is 6.06. The Bertz CT molecular complexity index is 679. The Morgan fingerprint density at radius 3 is 2.50 bits per heavy atom. The maximum absolute atomic E-state index is 10.9. The fraction of sp³-hybridized carbons (Fsp3) is 0.368. The van der Waals surface area contributed by atoms with Gasteiger partial charge in [-0.3, -0.25) is 15.0 Å². The lowest BCUT2D eigenvalue weighted by atomic mass is 10.0. The zero-order valence-electron chi connectivity index (χ0n) is 13.7. The molecule has 5 nitrogen and oxygen atoms in total. The van der Waals surface area contributed by atoms with Crippen molar-refractivity contribution in [3.8, 4) is 11.1 Å². The first kappa shape index (κ1) is 16.6. The smallest absolute Gasteiger partial charge is 0.270 e. The Labute approximate surface area is 142 Å². The van der Waals surface area contributed by atoms with E-state index in [0.717, 1.165) is 56.8 Å². The molecule has 0 aliphatic carbocycles. The van der Waals surface area contributed by atoms with Crippen molar-refractivity contribution in [1.29, 1.82) is 0 Å². The molecule has 0 amide bonds. The molecule has 1 fully saturated rings. The highest BCUT2D eigenvalue weighted by Gasteiger charge is 2.10. The van der Waals surface area contributed by atoms with Gasteiger partial charge in [0.05, 0.1) is 18.1 Å². The summed E-state index contributed by atoms with van der Waals surface area (Å²) in [5.74, 6) is 0. The Hall–Kier alpha value is -2.24. The monoisotopic (exact) mass is 326 g/mol. The van der Waals surface area contributed by atoms with E-state index in [1.54, 1.807) is 12.1 Å². The van der Waals surface area contributed by atoms with Gasteiger partial charge in [-0.15, -0.1) is 0 Å². The summed E-state index contributed by atoms with van der Waals surface area (Å²) in [6.45, 7) is 4.86. The van der Waals surface area contributed by atoms with Gasteiger partial charge in [-0.1, -0.05) is 36.4 Å². The summed E-state index contributed by atoms with van der Waals surface area (Å²) in [5, 5.41) is 10.9. The van der Waals surface area contributed by atoms with Crippen LogP contribution in [0.2, 0.25) is 0 Å². The third-order valence-corrected chi connectivity index (χ3v) is 4.39. The second kappa shape index (κ2) is 8.04. The normalized spacial score (nSPS) is 15.3. The maximum Gasteiger partial charge on any atom is 0.270 e. The number of hydrogen-bond donors (Lipinski definition) is 0. The van der Waals surface area contributed by atoms with E-state index < -0.39 is 0 Å². The van der Waals surface area contributed by atoms with Gasteiger partial charge < -0.3 is 4.74 Å². The molecule has 0 aromatic heterocycles. The number of benzene rings is 2. The van der Waals surface area contributed by atoms with Gasteiger partial charge in [0.2, 0.25) is 0 Å². The second-order valence-corrected chi connectivity index (χ2v) is 6.06. The van der Waals surface area contributed by atoms with Gasteiger partial charge >= 0.3 is 0 Å². The van der Waals surface area contributed by atoms with Crippen molar-refractivity contribution in [2.75, 3.05) is 32.8 Å². The lowest BCUT2D eigenvalue weighted by Gasteiger charge is -2.26. The highest BCUT2D eigenvalue weighted by atomic mass is 16.6. The molecule has 0 bridgehead atoms. The molecule has 24 heavy (non-hydrogen) atoms. The summed E-state index contributed by atoms with van der Waals surface area (Å²) in [7, 11) is 0. The number of nitro groups is 1. The molecule has 2 aromatic rings. The van der Waals surface area contributed by atoms with Crippen LogP contribution in [0.4, 0.5) is 5.69 Å². The van der Waals surface area contributed by atoms with E-state index in [4.69, 9.17) is 4.74 Å². The number of nitrogens with zero attached hydrogens (tertiary/aromatic N) is 2. The van der Waals surface area contributed by atoms with Gasteiger partial charge in [-0.05, 0) is 36.1 Å². The molecule has 1 heterocycles. The Morgan fingerprint density at radius 2 is 1.79 bits per heavy atom. The van der Waals surface area contributed by atoms with Crippen LogP contribution in [0.25, 0.3) is 11.1 Å². The van der Waals surface area contributed by atoms with Crippen LogP contribution in [0, 0.1) is 10.1 Å². The molecule has 0 radical (unpaired) electrons. The fourth-order valence-corrected chi connectivity index (χ4v) is 2.99. The van der Waals surface area contributed by atoms with Crippen molar-refractivity contribution >= 4 is 5.69 Å². The average Bonchev–Trinajstić information content (AvgIpc) is 2.63. The molecular formula is C19H22N2O3. The van der Waals surface area contributed by atoms with Crippen LogP contribution in [-0.4, -0.2) is 42.7 Å². The molecule has 1 aliphatic heterocycles. The van der Waals surface area contributed by atoms with Crippen molar-refractivity contribution in [3.63, 3.8) is 0 Å². The van der Waals surface area contributed by atoms with E-state index >= 15 is 0 Å². The molecule has 3 rings (SSSR count). The van der Waals surface area contributed by atoms with Gasteiger partial charge in [-0.25, -0.2) is 0 Å². The number of morpholine rings is 1. The van der Waals surface area contributed by atoms with Crippen LogP contribution in [0.5, 0.6) is 0 Å². The van der Waals surface area contributed by atoms with E-state index in [0.29, 0.717) is 0 Å². The van der Waals surface area contributed by atoms with Crippen LogP contribution in [0.15, 0.2) is 48.5 Å². The highest BCUT2D eigenvalue weighted by molar-refractivity contribution is 5.66. The maximum atomic E-state index is 10.9. The Balaban J connectivity index is 1.57. The highest BCUT2D eigenvalue weighted by Crippen LogP contribution is 2.24. The lowest BCUT2D eigenvalue weighted by Crippen LogP contribution is -2.36. The number of nitro benzene ring substituents is 1. The largest absolute Gasteiger partial charge is 0.379 e. The number of rotatable bonds is 6.